The molecule has 0 aliphatic carbocycles. The molecule has 4 nitrogen and oxygen atoms in total. The average Bonchev–Trinajstić information content (AvgIpc) is 2.39. The fourth-order valence-electron chi connectivity index (χ4n) is 1.79. The van der Waals surface area contributed by atoms with E-state index in [1.165, 1.54) is 4.90 Å². The molecular weight excluding hydrogens is 285 g/mol. The number of rotatable bonds is 7. The van der Waals surface area contributed by atoms with Gasteiger partial charge in [0, 0.05) is 18.8 Å². The van der Waals surface area contributed by atoms with Crippen molar-refractivity contribution in [3.05, 3.63) is 29.8 Å². The van der Waals surface area contributed by atoms with Crippen molar-refractivity contribution in [2.24, 2.45) is 0 Å². The van der Waals surface area contributed by atoms with Crippen molar-refractivity contribution < 1.29 is 22.7 Å². The molecule has 0 aliphatic rings. The molecule has 118 valence electrons. The van der Waals surface area contributed by atoms with E-state index in [1.54, 1.807) is 24.3 Å². The highest BCUT2D eigenvalue weighted by molar-refractivity contribution is 5.77. The van der Waals surface area contributed by atoms with Crippen LogP contribution in [0.15, 0.2) is 24.3 Å². The number of hydrogen-bond donors (Lipinski definition) is 1. The van der Waals surface area contributed by atoms with Crippen molar-refractivity contribution in [2.45, 2.75) is 26.1 Å². The highest BCUT2D eigenvalue weighted by Gasteiger charge is 2.28. The van der Waals surface area contributed by atoms with Gasteiger partial charge in [-0.25, -0.2) is 0 Å². The van der Waals surface area contributed by atoms with Crippen molar-refractivity contribution >= 4 is 11.6 Å². The summed E-state index contributed by atoms with van der Waals surface area (Å²) in [4.78, 5) is 13.4. The van der Waals surface area contributed by atoms with Crippen LogP contribution in [-0.2, 0) is 16.1 Å². The molecule has 0 radical (unpaired) electrons. The number of para-hydroxylation sites is 1. The Labute approximate surface area is 121 Å². The third-order valence-corrected chi connectivity index (χ3v) is 2.75. The smallest absolute Gasteiger partial charge is 0.398 e. The van der Waals surface area contributed by atoms with Crippen LogP contribution in [0.4, 0.5) is 18.9 Å². The van der Waals surface area contributed by atoms with E-state index >= 15 is 0 Å². The first kappa shape index (κ1) is 17.3. The predicted molar refractivity (Wildman–Crippen MR) is 73.4 cm³/mol. The number of halogens is 3. The number of amides is 1. The minimum atomic E-state index is -4.43. The third kappa shape index (κ3) is 6.48. The van der Waals surface area contributed by atoms with Crippen molar-refractivity contribution in [1.82, 2.24) is 4.90 Å². The van der Waals surface area contributed by atoms with Crippen LogP contribution in [0.2, 0.25) is 0 Å². The second kappa shape index (κ2) is 7.87. The van der Waals surface area contributed by atoms with Gasteiger partial charge >= 0.3 is 6.18 Å². The van der Waals surface area contributed by atoms with Gasteiger partial charge in [0.05, 0.1) is 0 Å². The Morgan fingerprint density at radius 1 is 1.33 bits per heavy atom. The molecule has 7 heteroatoms. The minimum Gasteiger partial charge on any atom is -0.398 e. The number of nitrogen functional groups attached to an aromatic ring is 1. The van der Waals surface area contributed by atoms with Gasteiger partial charge in [0.2, 0.25) is 5.91 Å². The highest BCUT2D eigenvalue weighted by Crippen LogP contribution is 2.16. The Kier molecular flexibility index (Phi) is 6.48. The lowest BCUT2D eigenvalue weighted by Gasteiger charge is -2.23. The standard InChI is InChI=1S/C14H19F3N2O2/c1-2-7-19(8-11-5-3-4-6-12(11)18)13(20)9-21-10-14(15,16)17/h3-6H,2,7-10,18H2,1H3. The lowest BCUT2D eigenvalue weighted by Crippen LogP contribution is -2.35. The first-order chi connectivity index (χ1) is 9.83. The number of carbonyl (C=O) groups is 1. The summed E-state index contributed by atoms with van der Waals surface area (Å²) >= 11 is 0. The molecule has 0 saturated carbocycles. The number of benzene rings is 1. The van der Waals surface area contributed by atoms with E-state index in [1.807, 2.05) is 6.92 Å². The van der Waals surface area contributed by atoms with Gasteiger partial charge in [-0.15, -0.1) is 0 Å². The molecule has 0 aromatic heterocycles. The molecule has 0 atom stereocenters. The van der Waals surface area contributed by atoms with E-state index in [0.717, 1.165) is 5.56 Å². The monoisotopic (exact) mass is 304 g/mol. The maximum atomic E-state index is 12.0. The van der Waals surface area contributed by atoms with Crippen molar-refractivity contribution in [2.75, 3.05) is 25.5 Å². The zero-order valence-corrected chi connectivity index (χ0v) is 11.8. The molecule has 0 spiro atoms. The number of alkyl halides is 3. The van der Waals surface area contributed by atoms with Gasteiger partial charge in [-0.2, -0.15) is 13.2 Å². The molecule has 0 heterocycles. The molecule has 1 rings (SSSR count). The van der Waals surface area contributed by atoms with Crippen molar-refractivity contribution in [3.63, 3.8) is 0 Å². The first-order valence-corrected chi connectivity index (χ1v) is 6.59. The number of nitrogens with two attached hydrogens (primary N) is 1. The van der Waals surface area contributed by atoms with Crippen LogP contribution >= 0.6 is 0 Å². The lowest BCUT2D eigenvalue weighted by molar-refractivity contribution is -0.178. The van der Waals surface area contributed by atoms with Gasteiger partial charge in [0.1, 0.15) is 13.2 Å². The fraction of sp³-hybridized carbons (Fsp3) is 0.500. The quantitative estimate of drug-likeness (QED) is 0.788. The summed E-state index contributed by atoms with van der Waals surface area (Å²) in [5, 5.41) is 0. The van der Waals surface area contributed by atoms with E-state index in [0.29, 0.717) is 18.7 Å². The molecule has 0 fully saturated rings. The predicted octanol–water partition coefficient (Wildman–Crippen LogP) is 2.59. The van der Waals surface area contributed by atoms with E-state index in [9.17, 15) is 18.0 Å². The summed E-state index contributed by atoms with van der Waals surface area (Å²) in [6, 6.07) is 7.06. The van der Waals surface area contributed by atoms with Crippen LogP contribution in [0.3, 0.4) is 0 Å². The van der Waals surface area contributed by atoms with Crippen LogP contribution in [0.5, 0.6) is 0 Å². The third-order valence-electron chi connectivity index (χ3n) is 2.75. The van der Waals surface area contributed by atoms with Crippen LogP contribution in [0, 0.1) is 0 Å². The fourth-order valence-corrected chi connectivity index (χ4v) is 1.79. The van der Waals surface area contributed by atoms with Crippen LogP contribution in [-0.4, -0.2) is 36.7 Å². The Hall–Kier alpha value is -1.76. The maximum absolute atomic E-state index is 12.0. The van der Waals surface area contributed by atoms with Crippen LogP contribution in [0.25, 0.3) is 0 Å². The van der Waals surface area contributed by atoms with Gasteiger partial charge in [-0.3, -0.25) is 4.79 Å². The van der Waals surface area contributed by atoms with Gasteiger partial charge < -0.3 is 15.4 Å². The SMILES string of the molecule is CCCN(Cc1ccccc1N)C(=O)COCC(F)(F)F. The molecule has 2 N–H and O–H groups in total. The molecule has 0 aliphatic heterocycles. The Morgan fingerprint density at radius 3 is 2.57 bits per heavy atom. The van der Waals surface area contributed by atoms with E-state index in [-0.39, 0.29) is 6.54 Å². The van der Waals surface area contributed by atoms with E-state index < -0.39 is 25.3 Å². The van der Waals surface area contributed by atoms with Crippen LogP contribution in [0.1, 0.15) is 18.9 Å². The highest BCUT2D eigenvalue weighted by atomic mass is 19.4. The molecule has 0 saturated heterocycles. The lowest BCUT2D eigenvalue weighted by atomic mass is 10.1. The number of nitrogens with zero attached hydrogens (tertiary/aromatic N) is 1. The Bertz CT molecular complexity index is 464. The topological polar surface area (TPSA) is 55.6 Å². The number of hydrogen-bond acceptors (Lipinski definition) is 3. The van der Waals surface area contributed by atoms with Gasteiger partial charge in [0.15, 0.2) is 0 Å². The molecule has 1 amide bonds. The number of ether oxygens (including phenoxy) is 1. The average molecular weight is 304 g/mol. The second-order valence-electron chi connectivity index (χ2n) is 4.62. The molecule has 0 bridgehead atoms. The molecule has 21 heavy (non-hydrogen) atoms. The summed E-state index contributed by atoms with van der Waals surface area (Å²) in [7, 11) is 0. The summed E-state index contributed by atoms with van der Waals surface area (Å²) in [5.74, 6) is -0.482. The van der Waals surface area contributed by atoms with Crippen LogP contribution < -0.4 is 5.73 Å². The minimum absolute atomic E-state index is 0.259. The van der Waals surface area contributed by atoms with Crippen molar-refractivity contribution in [1.29, 1.82) is 0 Å². The van der Waals surface area contributed by atoms with E-state index in [2.05, 4.69) is 4.74 Å². The normalized spacial score (nSPS) is 11.4. The summed E-state index contributed by atoms with van der Waals surface area (Å²) in [5.41, 5.74) is 7.11. The zero-order chi connectivity index (χ0) is 15.9. The van der Waals surface area contributed by atoms with Gasteiger partial charge in [-0.05, 0) is 18.1 Å². The first-order valence-electron chi connectivity index (χ1n) is 6.59. The Balaban J connectivity index is 2.60. The van der Waals surface area contributed by atoms with Gasteiger partial charge in [0.25, 0.3) is 0 Å². The Morgan fingerprint density at radius 2 is 2.00 bits per heavy atom. The maximum Gasteiger partial charge on any atom is 0.411 e. The second-order valence-corrected chi connectivity index (χ2v) is 4.62. The molecule has 0 unspecified atom stereocenters. The van der Waals surface area contributed by atoms with E-state index in [4.69, 9.17) is 5.73 Å². The van der Waals surface area contributed by atoms with Crippen molar-refractivity contribution in [3.8, 4) is 0 Å². The summed E-state index contributed by atoms with van der Waals surface area (Å²) < 4.78 is 40.4. The summed E-state index contributed by atoms with van der Waals surface area (Å²) in [6.45, 7) is 0.556. The molecular formula is C14H19F3N2O2. The number of anilines is 1. The molecule has 1 aromatic carbocycles. The number of carbonyl (C=O) groups excluding carboxylic acids is 1. The largest absolute Gasteiger partial charge is 0.411 e. The molecule has 1 aromatic rings. The summed E-state index contributed by atoms with van der Waals surface area (Å²) in [6.07, 6.45) is -3.74. The zero-order valence-electron chi connectivity index (χ0n) is 11.8. The van der Waals surface area contributed by atoms with Gasteiger partial charge in [-0.1, -0.05) is 25.1 Å².